The molecule has 0 aromatic carbocycles. The summed E-state index contributed by atoms with van der Waals surface area (Å²) in [5.74, 6) is 0. The van der Waals surface area contributed by atoms with Gasteiger partial charge in [0.15, 0.2) is 0 Å². The van der Waals surface area contributed by atoms with Crippen LogP contribution in [0.4, 0.5) is 0 Å². The molecular weight excluding hydrogens is 244 g/mol. The number of hydrogen-bond acceptors (Lipinski definition) is 4. The Bertz CT molecular complexity index is 543. The Labute approximate surface area is 111 Å². The lowest BCUT2D eigenvalue weighted by Crippen LogP contribution is -2.24. The van der Waals surface area contributed by atoms with Crippen molar-refractivity contribution in [3.05, 3.63) is 33.5 Å². The molecule has 1 atom stereocenters. The number of hydrogen-bond donors (Lipinski definition) is 1. The van der Waals surface area contributed by atoms with Crippen LogP contribution in [0.5, 0.6) is 0 Å². The number of rotatable bonds is 3. The highest BCUT2D eigenvalue weighted by atomic mass is 32.1. The van der Waals surface area contributed by atoms with Crippen molar-refractivity contribution in [2.24, 2.45) is 7.05 Å². The van der Waals surface area contributed by atoms with Crippen molar-refractivity contribution in [2.75, 3.05) is 0 Å². The average molecular weight is 262 g/mol. The largest absolute Gasteiger partial charge is 0.305 e. The number of aromatic nitrogens is 3. The molecular formula is C13H18N4S. The van der Waals surface area contributed by atoms with E-state index in [4.69, 9.17) is 0 Å². The van der Waals surface area contributed by atoms with Crippen LogP contribution in [0.3, 0.4) is 0 Å². The Morgan fingerprint density at radius 3 is 3.22 bits per heavy atom. The summed E-state index contributed by atoms with van der Waals surface area (Å²) in [6, 6.07) is 0.448. The second kappa shape index (κ2) is 4.82. The van der Waals surface area contributed by atoms with Gasteiger partial charge in [-0.05, 0) is 26.2 Å². The minimum Gasteiger partial charge on any atom is -0.305 e. The number of thiazole rings is 1. The maximum Gasteiger partial charge on any atom is 0.0798 e. The van der Waals surface area contributed by atoms with Gasteiger partial charge in [0.25, 0.3) is 0 Å². The van der Waals surface area contributed by atoms with Crippen molar-refractivity contribution in [3.63, 3.8) is 0 Å². The Kier molecular flexibility index (Phi) is 3.18. The first kappa shape index (κ1) is 11.9. The maximum atomic E-state index is 4.38. The lowest BCUT2D eigenvalue weighted by molar-refractivity contribution is 0.453. The van der Waals surface area contributed by atoms with Crippen LogP contribution in [0.15, 0.2) is 11.7 Å². The van der Waals surface area contributed by atoms with Gasteiger partial charge in [-0.15, -0.1) is 11.3 Å². The van der Waals surface area contributed by atoms with Crippen molar-refractivity contribution in [2.45, 2.75) is 38.8 Å². The molecule has 1 N–H and O–H groups in total. The zero-order valence-electron chi connectivity index (χ0n) is 10.8. The van der Waals surface area contributed by atoms with Gasteiger partial charge in [-0.3, -0.25) is 4.68 Å². The van der Waals surface area contributed by atoms with Crippen LogP contribution in [0.25, 0.3) is 0 Å². The first-order valence-electron chi connectivity index (χ1n) is 6.39. The van der Waals surface area contributed by atoms with Crippen LogP contribution < -0.4 is 5.32 Å². The third kappa shape index (κ3) is 2.08. The van der Waals surface area contributed by atoms with E-state index in [1.54, 1.807) is 11.3 Å². The monoisotopic (exact) mass is 262 g/mol. The zero-order valence-corrected chi connectivity index (χ0v) is 11.6. The fourth-order valence-electron chi connectivity index (χ4n) is 2.63. The third-order valence-electron chi connectivity index (χ3n) is 3.73. The second-order valence-electron chi connectivity index (χ2n) is 4.86. The molecule has 0 radical (unpaired) electrons. The average Bonchev–Trinajstić information content (AvgIpc) is 2.95. The summed E-state index contributed by atoms with van der Waals surface area (Å²) < 4.78 is 2.02. The highest BCUT2D eigenvalue weighted by molar-refractivity contribution is 7.09. The van der Waals surface area contributed by atoms with Gasteiger partial charge in [0.05, 0.1) is 17.4 Å². The topological polar surface area (TPSA) is 42.7 Å². The molecule has 1 unspecified atom stereocenters. The lowest BCUT2D eigenvalue weighted by atomic mass is 9.93. The summed E-state index contributed by atoms with van der Waals surface area (Å²) >= 11 is 1.73. The predicted octanol–water partition coefficient (Wildman–Crippen LogP) is 2.35. The second-order valence-corrected chi connectivity index (χ2v) is 5.80. The summed E-state index contributed by atoms with van der Waals surface area (Å²) in [5, 5.41) is 8.03. The molecule has 5 heteroatoms. The van der Waals surface area contributed by atoms with Gasteiger partial charge in [-0.1, -0.05) is 0 Å². The molecule has 4 nitrogen and oxygen atoms in total. The third-order valence-corrected chi connectivity index (χ3v) is 4.66. The van der Waals surface area contributed by atoms with Gasteiger partial charge in [0, 0.05) is 35.8 Å². The highest BCUT2D eigenvalue weighted by Crippen LogP contribution is 2.29. The van der Waals surface area contributed by atoms with Crippen LogP contribution >= 0.6 is 11.3 Å². The van der Waals surface area contributed by atoms with E-state index in [2.05, 4.69) is 22.3 Å². The maximum absolute atomic E-state index is 4.38. The number of nitrogens with zero attached hydrogens (tertiary/aromatic N) is 3. The quantitative estimate of drug-likeness (QED) is 0.923. The fraction of sp³-hybridized carbons (Fsp3) is 0.538. The van der Waals surface area contributed by atoms with Gasteiger partial charge in [-0.2, -0.15) is 5.10 Å². The molecule has 1 aliphatic carbocycles. The van der Waals surface area contributed by atoms with Gasteiger partial charge in [-0.25, -0.2) is 4.98 Å². The summed E-state index contributed by atoms with van der Waals surface area (Å²) in [5.41, 5.74) is 5.84. The molecule has 2 aromatic rings. The van der Waals surface area contributed by atoms with Crippen molar-refractivity contribution in [1.82, 2.24) is 20.1 Å². The summed E-state index contributed by atoms with van der Waals surface area (Å²) in [4.78, 5) is 5.63. The Morgan fingerprint density at radius 1 is 1.56 bits per heavy atom. The minimum atomic E-state index is 0.448. The molecule has 18 heavy (non-hydrogen) atoms. The van der Waals surface area contributed by atoms with E-state index >= 15 is 0 Å². The highest BCUT2D eigenvalue weighted by Gasteiger charge is 2.23. The van der Waals surface area contributed by atoms with E-state index in [1.165, 1.54) is 29.0 Å². The lowest BCUT2D eigenvalue weighted by Gasteiger charge is -2.23. The Morgan fingerprint density at radius 2 is 2.44 bits per heavy atom. The molecule has 0 saturated carbocycles. The smallest absolute Gasteiger partial charge is 0.0798 e. The van der Waals surface area contributed by atoms with Crippen LogP contribution in [0, 0.1) is 6.92 Å². The first-order chi connectivity index (χ1) is 8.75. The van der Waals surface area contributed by atoms with E-state index in [0.29, 0.717) is 6.04 Å². The minimum absolute atomic E-state index is 0.448. The molecule has 1 aliphatic rings. The van der Waals surface area contributed by atoms with Crippen molar-refractivity contribution in [3.8, 4) is 0 Å². The van der Waals surface area contributed by atoms with Gasteiger partial charge < -0.3 is 5.32 Å². The van der Waals surface area contributed by atoms with E-state index in [9.17, 15) is 0 Å². The zero-order chi connectivity index (χ0) is 12.5. The number of aryl methyl sites for hydroxylation is 2. The number of nitrogens with one attached hydrogen (secondary N) is 1. The standard InChI is InChI=1S/C13H18N4S/c1-9-13(18-8-15-9)7-14-11-4-3-5-12-10(11)6-16-17(12)2/h6,8,11,14H,3-5,7H2,1-2H3. The first-order valence-corrected chi connectivity index (χ1v) is 7.27. The molecule has 2 aromatic heterocycles. The van der Waals surface area contributed by atoms with E-state index in [1.807, 2.05) is 23.4 Å². The summed E-state index contributed by atoms with van der Waals surface area (Å²) in [7, 11) is 2.04. The van der Waals surface area contributed by atoms with Crippen molar-refractivity contribution >= 4 is 11.3 Å². The Hall–Kier alpha value is -1.20. The molecule has 0 fully saturated rings. The molecule has 3 rings (SSSR count). The molecule has 2 heterocycles. The molecule has 0 bridgehead atoms. The molecule has 0 saturated heterocycles. The van der Waals surface area contributed by atoms with E-state index < -0.39 is 0 Å². The normalized spacial score (nSPS) is 18.9. The molecule has 0 amide bonds. The SMILES string of the molecule is Cc1ncsc1CNC1CCCc2c1cnn2C. The molecule has 96 valence electrons. The van der Waals surface area contributed by atoms with Crippen LogP contribution in [0.1, 0.15) is 40.7 Å². The van der Waals surface area contributed by atoms with Crippen LogP contribution in [-0.4, -0.2) is 14.8 Å². The summed E-state index contributed by atoms with van der Waals surface area (Å²) in [6.07, 6.45) is 5.62. The van der Waals surface area contributed by atoms with Gasteiger partial charge in [0.1, 0.15) is 0 Å². The van der Waals surface area contributed by atoms with Gasteiger partial charge >= 0.3 is 0 Å². The molecule has 0 spiro atoms. The van der Waals surface area contributed by atoms with Gasteiger partial charge in [0.2, 0.25) is 0 Å². The molecule has 0 aliphatic heterocycles. The predicted molar refractivity (Wildman–Crippen MR) is 72.6 cm³/mol. The fourth-order valence-corrected chi connectivity index (χ4v) is 3.36. The number of fused-ring (bicyclic) bond motifs is 1. The van der Waals surface area contributed by atoms with Crippen LogP contribution in [-0.2, 0) is 20.0 Å². The van der Waals surface area contributed by atoms with Crippen molar-refractivity contribution < 1.29 is 0 Å². The van der Waals surface area contributed by atoms with Crippen molar-refractivity contribution in [1.29, 1.82) is 0 Å². The van der Waals surface area contributed by atoms with E-state index in [0.717, 1.165) is 18.7 Å². The Balaban J connectivity index is 1.73. The van der Waals surface area contributed by atoms with E-state index in [-0.39, 0.29) is 0 Å². The van der Waals surface area contributed by atoms with Crippen LogP contribution in [0.2, 0.25) is 0 Å². The summed E-state index contributed by atoms with van der Waals surface area (Å²) in [6.45, 7) is 2.99.